The number of nitrogens with zero attached hydrogens (tertiary/aromatic N) is 2. The highest BCUT2D eigenvalue weighted by atomic mass is 35.5. The second-order valence-corrected chi connectivity index (χ2v) is 9.14. The quantitative estimate of drug-likeness (QED) is 0.807. The SMILES string of the molecule is CCS(=O)(=O)N1CCC(C(=O)N2CCNCC2c2cccc(F)c2)CC1.Cl. The molecule has 2 aliphatic heterocycles. The average Bonchev–Trinajstić information content (AvgIpc) is 2.67. The first-order valence-corrected chi connectivity index (χ1v) is 10.8. The molecule has 2 fully saturated rings. The van der Waals surface area contributed by atoms with Crippen molar-refractivity contribution in [3.8, 4) is 0 Å². The second-order valence-electron chi connectivity index (χ2n) is 6.88. The molecule has 2 heterocycles. The number of benzene rings is 1. The molecule has 0 aliphatic carbocycles. The molecule has 152 valence electrons. The molecule has 6 nitrogen and oxygen atoms in total. The zero-order chi connectivity index (χ0) is 18.7. The number of nitrogens with one attached hydrogen (secondary N) is 1. The molecule has 3 rings (SSSR count). The van der Waals surface area contributed by atoms with Crippen molar-refractivity contribution < 1.29 is 17.6 Å². The van der Waals surface area contributed by atoms with Gasteiger partial charge in [-0.05, 0) is 37.5 Å². The van der Waals surface area contributed by atoms with Crippen LogP contribution >= 0.6 is 12.4 Å². The maximum Gasteiger partial charge on any atom is 0.226 e. The molecule has 1 N–H and O–H groups in total. The second kappa shape index (κ2) is 9.32. The van der Waals surface area contributed by atoms with Crippen LogP contribution in [0.1, 0.15) is 31.4 Å². The number of piperazine rings is 1. The number of hydrogen-bond donors (Lipinski definition) is 1. The zero-order valence-corrected chi connectivity index (χ0v) is 17.1. The third-order valence-electron chi connectivity index (χ3n) is 5.32. The normalized spacial score (nSPS) is 22.3. The minimum absolute atomic E-state index is 0. The molecule has 0 radical (unpaired) electrons. The monoisotopic (exact) mass is 419 g/mol. The molecule has 27 heavy (non-hydrogen) atoms. The fourth-order valence-corrected chi connectivity index (χ4v) is 4.91. The molecular weight excluding hydrogens is 393 g/mol. The number of sulfonamides is 1. The summed E-state index contributed by atoms with van der Waals surface area (Å²) >= 11 is 0. The van der Waals surface area contributed by atoms with Crippen LogP contribution in [0, 0.1) is 11.7 Å². The number of halogens is 2. The van der Waals surface area contributed by atoms with Gasteiger partial charge in [0.2, 0.25) is 15.9 Å². The first-order chi connectivity index (χ1) is 12.4. The van der Waals surface area contributed by atoms with Gasteiger partial charge in [0.25, 0.3) is 0 Å². The highest BCUT2D eigenvalue weighted by molar-refractivity contribution is 7.89. The summed E-state index contributed by atoms with van der Waals surface area (Å²) in [6, 6.07) is 6.20. The molecule has 0 spiro atoms. The number of carbonyl (C=O) groups excluding carboxylic acids is 1. The number of rotatable bonds is 4. The number of hydrogen-bond acceptors (Lipinski definition) is 4. The van der Waals surface area contributed by atoms with E-state index in [4.69, 9.17) is 0 Å². The van der Waals surface area contributed by atoms with Crippen molar-refractivity contribution in [3.63, 3.8) is 0 Å². The Bertz CT molecular complexity index is 754. The van der Waals surface area contributed by atoms with Crippen molar-refractivity contribution in [2.45, 2.75) is 25.8 Å². The Balaban J connectivity index is 0.00000261. The van der Waals surface area contributed by atoms with Crippen LogP contribution in [-0.4, -0.2) is 62.0 Å². The van der Waals surface area contributed by atoms with Crippen LogP contribution in [0.3, 0.4) is 0 Å². The van der Waals surface area contributed by atoms with Gasteiger partial charge < -0.3 is 10.2 Å². The Morgan fingerprint density at radius 3 is 2.59 bits per heavy atom. The van der Waals surface area contributed by atoms with Crippen molar-refractivity contribution in [2.75, 3.05) is 38.5 Å². The summed E-state index contributed by atoms with van der Waals surface area (Å²) in [6.45, 7) is 4.30. The summed E-state index contributed by atoms with van der Waals surface area (Å²) in [5.74, 6) is -0.342. The summed E-state index contributed by atoms with van der Waals surface area (Å²) in [5, 5.41) is 3.27. The Kier molecular flexibility index (Phi) is 7.62. The van der Waals surface area contributed by atoms with Gasteiger partial charge in [0.1, 0.15) is 5.82 Å². The molecule has 0 saturated carbocycles. The third kappa shape index (κ3) is 4.99. The van der Waals surface area contributed by atoms with Gasteiger partial charge in [0, 0.05) is 38.6 Å². The van der Waals surface area contributed by atoms with Crippen LogP contribution in [0.15, 0.2) is 24.3 Å². The van der Waals surface area contributed by atoms with Crippen LogP contribution in [0.2, 0.25) is 0 Å². The van der Waals surface area contributed by atoms with Gasteiger partial charge in [-0.15, -0.1) is 12.4 Å². The van der Waals surface area contributed by atoms with Crippen LogP contribution in [0.25, 0.3) is 0 Å². The van der Waals surface area contributed by atoms with Crippen molar-refractivity contribution >= 4 is 28.3 Å². The van der Waals surface area contributed by atoms with E-state index in [0.717, 1.165) is 5.56 Å². The molecular formula is C18H27ClFN3O3S. The van der Waals surface area contributed by atoms with E-state index < -0.39 is 10.0 Å². The van der Waals surface area contributed by atoms with E-state index >= 15 is 0 Å². The van der Waals surface area contributed by atoms with Crippen LogP contribution in [-0.2, 0) is 14.8 Å². The summed E-state index contributed by atoms with van der Waals surface area (Å²) in [5.41, 5.74) is 0.788. The molecule has 1 atom stereocenters. The fraction of sp³-hybridized carbons (Fsp3) is 0.611. The summed E-state index contributed by atoms with van der Waals surface area (Å²) in [7, 11) is -3.20. The van der Waals surface area contributed by atoms with Gasteiger partial charge in [0.05, 0.1) is 11.8 Å². The van der Waals surface area contributed by atoms with E-state index in [9.17, 15) is 17.6 Å². The average molecular weight is 420 g/mol. The van der Waals surface area contributed by atoms with E-state index in [0.29, 0.717) is 45.6 Å². The van der Waals surface area contributed by atoms with Gasteiger partial charge in [-0.25, -0.2) is 17.1 Å². The third-order valence-corrected chi connectivity index (χ3v) is 7.20. The van der Waals surface area contributed by atoms with Crippen LogP contribution in [0.5, 0.6) is 0 Å². The lowest BCUT2D eigenvalue weighted by molar-refractivity contribution is -0.140. The lowest BCUT2D eigenvalue weighted by atomic mass is 9.94. The lowest BCUT2D eigenvalue weighted by Gasteiger charge is -2.40. The van der Waals surface area contributed by atoms with Crippen molar-refractivity contribution in [3.05, 3.63) is 35.6 Å². The summed E-state index contributed by atoms with van der Waals surface area (Å²) in [4.78, 5) is 14.9. The predicted molar refractivity (Wildman–Crippen MR) is 105 cm³/mol. The summed E-state index contributed by atoms with van der Waals surface area (Å²) in [6.07, 6.45) is 1.08. The Morgan fingerprint density at radius 1 is 1.26 bits per heavy atom. The van der Waals surface area contributed by atoms with E-state index in [-0.39, 0.29) is 41.8 Å². The molecule has 2 saturated heterocycles. The molecule has 2 aliphatic rings. The van der Waals surface area contributed by atoms with Gasteiger partial charge in [-0.2, -0.15) is 0 Å². The van der Waals surface area contributed by atoms with E-state index in [1.54, 1.807) is 13.0 Å². The maximum absolute atomic E-state index is 13.6. The predicted octanol–water partition coefficient (Wildman–Crippen LogP) is 1.78. The van der Waals surface area contributed by atoms with Crippen LogP contribution in [0.4, 0.5) is 4.39 Å². The highest BCUT2D eigenvalue weighted by Gasteiger charge is 2.36. The largest absolute Gasteiger partial charge is 0.333 e. The van der Waals surface area contributed by atoms with Gasteiger partial charge in [-0.3, -0.25) is 4.79 Å². The first kappa shape index (κ1) is 22.1. The number of carbonyl (C=O) groups is 1. The summed E-state index contributed by atoms with van der Waals surface area (Å²) < 4.78 is 39.1. The standard InChI is InChI=1S/C18H26FN3O3S.ClH/c1-2-26(24,25)21-9-6-14(7-10-21)18(23)22-11-8-20-13-17(22)15-4-3-5-16(19)12-15;/h3-5,12,14,17,20H,2,6-11,13H2,1H3;1H. The lowest BCUT2D eigenvalue weighted by Crippen LogP contribution is -2.52. The Labute approximate surface area is 166 Å². The molecule has 0 bridgehead atoms. The maximum atomic E-state index is 13.6. The van der Waals surface area contributed by atoms with E-state index in [1.165, 1.54) is 16.4 Å². The van der Waals surface area contributed by atoms with E-state index in [2.05, 4.69) is 5.32 Å². The molecule has 1 aromatic rings. The van der Waals surface area contributed by atoms with E-state index in [1.807, 2.05) is 11.0 Å². The Morgan fingerprint density at radius 2 is 1.96 bits per heavy atom. The topological polar surface area (TPSA) is 69.7 Å². The van der Waals surface area contributed by atoms with Crippen LogP contribution < -0.4 is 5.32 Å². The van der Waals surface area contributed by atoms with Crippen molar-refractivity contribution in [1.82, 2.24) is 14.5 Å². The smallest absolute Gasteiger partial charge is 0.226 e. The Hall–Kier alpha value is -1.22. The molecule has 1 unspecified atom stereocenters. The molecule has 1 aromatic carbocycles. The van der Waals surface area contributed by atoms with Gasteiger partial charge in [-0.1, -0.05) is 12.1 Å². The van der Waals surface area contributed by atoms with Crippen molar-refractivity contribution in [1.29, 1.82) is 0 Å². The highest BCUT2D eigenvalue weighted by Crippen LogP contribution is 2.28. The van der Waals surface area contributed by atoms with Crippen molar-refractivity contribution in [2.24, 2.45) is 5.92 Å². The zero-order valence-electron chi connectivity index (χ0n) is 15.4. The van der Waals surface area contributed by atoms with Gasteiger partial charge >= 0.3 is 0 Å². The first-order valence-electron chi connectivity index (χ1n) is 9.17. The fourth-order valence-electron chi connectivity index (χ4n) is 3.78. The minimum Gasteiger partial charge on any atom is -0.333 e. The molecule has 0 aromatic heterocycles. The molecule has 1 amide bonds. The number of amides is 1. The van der Waals surface area contributed by atoms with Gasteiger partial charge in [0.15, 0.2) is 0 Å². The number of piperidine rings is 1. The minimum atomic E-state index is -3.20. The molecule has 9 heteroatoms.